The molecule has 0 amide bonds. The van der Waals surface area contributed by atoms with Gasteiger partial charge in [-0.05, 0) is 12.1 Å². The van der Waals surface area contributed by atoms with Crippen LogP contribution in [0.1, 0.15) is 23.2 Å². The number of halogens is 2. The summed E-state index contributed by atoms with van der Waals surface area (Å²) in [6, 6.07) is 19.9. The van der Waals surface area contributed by atoms with E-state index in [2.05, 4.69) is 0 Å². The first-order valence-electron chi connectivity index (χ1n) is 8.00. The number of quaternary nitrogens is 1. The van der Waals surface area contributed by atoms with Crippen molar-refractivity contribution in [2.45, 2.75) is 12.1 Å². The van der Waals surface area contributed by atoms with Crippen LogP contribution in [0.4, 0.5) is 0 Å². The van der Waals surface area contributed by atoms with Gasteiger partial charge in [0.05, 0.1) is 24.3 Å². The van der Waals surface area contributed by atoms with Gasteiger partial charge in [-0.3, -0.25) is 0 Å². The van der Waals surface area contributed by atoms with E-state index < -0.39 is 22.9 Å². The highest BCUT2D eigenvalue weighted by Crippen LogP contribution is 2.57. The molecule has 0 bridgehead atoms. The van der Waals surface area contributed by atoms with Crippen LogP contribution < -0.4 is 5.32 Å². The van der Waals surface area contributed by atoms with Gasteiger partial charge in [0.2, 0.25) is 10.8 Å². The third-order valence-corrected chi connectivity index (χ3v) is 5.81. The van der Waals surface area contributed by atoms with Crippen LogP contribution in [0, 0.1) is 56.2 Å². The Labute approximate surface area is 166 Å². The highest BCUT2D eigenvalue weighted by Gasteiger charge is 2.73. The van der Waals surface area contributed by atoms with Crippen molar-refractivity contribution in [3.63, 3.8) is 0 Å². The average Bonchev–Trinajstić information content (AvgIpc) is 2.99. The van der Waals surface area contributed by atoms with Crippen LogP contribution in [0.15, 0.2) is 48.5 Å². The smallest absolute Gasteiger partial charge is 0.236 e. The van der Waals surface area contributed by atoms with Crippen molar-refractivity contribution in [2.24, 2.45) is 10.8 Å². The van der Waals surface area contributed by atoms with Crippen LogP contribution in [-0.2, 0) is 0 Å². The van der Waals surface area contributed by atoms with Gasteiger partial charge in [-0.25, -0.2) is 0 Å². The zero-order chi connectivity index (χ0) is 19.7. The maximum absolute atomic E-state index is 10.0. The van der Waals surface area contributed by atoms with Crippen LogP contribution in [0.5, 0.6) is 0 Å². The Bertz CT molecular complexity index is 954. The standard InChI is InChI=1S/C20H11Cl2N5/c21-15-7-3-1-5-13(15)17-19(9-23,10-24)20(11-25,12-26)18(27-17)14-6-2-4-8-16(14)22/h1-8,17-18,27H/p+1/t17-,18-/m0/s1. The van der Waals surface area contributed by atoms with Crippen molar-refractivity contribution in [1.29, 1.82) is 21.0 Å². The van der Waals surface area contributed by atoms with E-state index >= 15 is 0 Å². The number of hydrogen-bond donors (Lipinski definition) is 1. The topological polar surface area (TPSA) is 112 Å². The largest absolute Gasteiger partial charge is 0.329 e. The number of hydrogen-bond acceptors (Lipinski definition) is 4. The predicted octanol–water partition coefficient (Wildman–Crippen LogP) is 3.42. The van der Waals surface area contributed by atoms with Gasteiger partial charge in [-0.2, -0.15) is 21.0 Å². The zero-order valence-corrected chi connectivity index (χ0v) is 15.4. The first kappa shape index (κ1) is 18.7. The Balaban J connectivity index is 2.34. The van der Waals surface area contributed by atoms with E-state index in [1.807, 2.05) is 24.3 Å². The molecule has 1 aliphatic rings. The second-order valence-corrected chi connectivity index (χ2v) is 7.07. The lowest BCUT2D eigenvalue weighted by atomic mass is 9.61. The molecule has 2 aromatic carbocycles. The molecule has 0 unspecified atom stereocenters. The summed E-state index contributed by atoms with van der Waals surface area (Å²) in [5.41, 5.74) is -2.84. The van der Waals surface area contributed by atoms with E-state index in [0.717, 1.165) is 0 Å². The summed E-state index contributed by atoms with van der Waals surface area (Å²) in [6.45, 7) is 0. The molecule has 2 N–H and O–H groups in total. The molecule has 130 valence electrons. The van der Waals surface area contributed by atoms with E-state index in [1.54, 1.807) is 53.8 Å². The van der Waals surface area contributed by atoms with Gasteiger partial charge in [0.15, 0.2) is 0 Å². The molecular formula is C20H12Cl2N5+. The zero-order valence-electron chi connectivity index (χ0n) is 13.9. The predicted molar refractivity (Wildman–Crippen MR) is 97.6 cm³/mol. The Morgan fingerprint density at radius 1 is 0.667 bits per heavy atom. The third-order valence-electron chi connectivity index (χ3n) is 5.13. The number of nitriles is 4. The summed E-state index contributed by atoms with van der Waals surface area (Å²) < 4.78 is 0. The third kappa shape index (κ3) is 2.46. The molecule has 0 aromatic heterocycles. The minimum atomic E-state index is -1.94. The van der Waals surface area contributed by atoms with Gasteiger partial charge >= 0.3 is 0 Å². The van der Waals surface area contributed by atoms with Crippen molar-refractivity contribution in [3.05, 3.63) is 69.7 Å². The van der Waals surface area contributed by atoms with E-state index in [0.29, 0.717) is 21.2 Å². The van der Waals surface area contributed by atoms with Crippen molar-refractivity contribution in [3.8, 4) is 24.3 Å². The summed E-state index contributed by atoms with van der Waals surface area (Å²) in [4.78, 5) is 0. The van der Waals surface area contributed by atoms with E-state index in [-0.39, 0.29) is 0 Å². The fraction of sp³-hybridized carbons (Fsp3) is 0.200. The fourth-order valence-corrected chi connectivity index (χ4v) is 4.29. The lowest BCUT2D eigenvalue weighted by molar-refractivity contribution is -0.720. The molecule has 1 aliphatic heterocycles. The van der Waals surface area contributed by atoms with Crippen molar-refractivity contribution < 1.29 is 5.32 Å². The van der Waals surface area contributed by atoms with Gasteiger partial charge in [-0.1, -0.05) is 59.6 Å². The maximum Gasteiger partial charge on any atom is 0.236 e. The first-order valence-corrected chi connectivity index (χ1v) is 8.75. The van der Waals surface area contributed by atoms with Crippen molar-refractivity contribution >= 4 is 23.2 Å². The normalized spacial score (nSPS) is 22.0. The molecule has 1 fully saturated rings. The molecule has 0 saturated carbocycles. The highest BCUT2D eigenvalue weighted by molar-refractivity contribution is 6.31. The molecule has 5 nitrogen and oxygen atoms in total. The van der Waals surface area contributed by atoms with Crippen LogP contribution >= 0.6 is 23.2 Å². The van der Waals surface area contributed by atoms with Crippen LogP contribution in [-0.4, -0.2) is 0 Å². The average molecular weight is 393 g/mol. The molecule has 1 saturated heterocycles. The molecule has 2 atom stereocenters. The van der Waals surface area contributed by atoms with E-state index in [4.69, 9.17) is 23.2 Å². The van der Waals surface area contributed by atoms with Crippen molar-refractivity contribution in [1.82, 2.24) is 0 Å². The van der Waals surface area contributed by atoms with Crippen molar-refractivity contribution in [2.75, 3.05) is 0 Å². The van der Waals surface area contributed by atoms with Gasteiger partial charge in [-0.15, -0.1) is 0 Å². The summed E-state index contributed by atoms with van der Waals surface area (Å²) in [5.74, 6) is 0. The van der Waals surface area contributed by atoms with Gasteiger partial charge in [0, 0.05) is 21.2 Å². The Morgan fingerprint density at radius 3 is 1.30 bits per heavy atom. The second kappa shape index (κ2) is 6.92. The number of rotatable bonds is 2. The number of nitrogens with zero attached hydrogens (tertiary/aromatic N) is 4. The lowest BCUT2D eigenvalue weighted by Crippen LogP contribution is -2.84. The SMILES string of the molecule is N#CC1(C#N)[C@H](c2ccccc2Cl)[NH2+][C@@H](c2ccccc2Cl)C1(C#N)C#N. The molecule has 27 heavy (non-hydrogen) atoms. The molecule has 3 rings (SSSR count). The van der Waals surface area contributed by atoms with Gasteiger partial charge in [0.25, 0.3) is 0 Å². The number of benzene rings is 2. The maximum atomic E-state index is 10.0. The molecule has 7 heteroatoms. The Morgan fingerprint density at radius 2 is 1.00 bits per heavy atom. The van der Waals surface area contributed by atoms with E-state index in [1.165, 1.54) is 0 Å². The fourth-order valence-electron chi connectivity index (χ4n) is 3.78. The van der Waals surface area contributed by atoms with Gasteiger partial charge < -0.3 is 5.32 Å². The summed E-state index contributed by atoms with van der Waals surface area (Å²) in [6.07, 6.45) is 0. The molecule has 0 spiro atoms. The summed E-state index contributed by atoms with van der Waals surface area (Å²) in [5, 5.41) is 42.4. The molecular weight excluding hydrogens is 381 g/mol. The minimum absolute atomic E-state index is 0.359. The molecule has 1 heterocycles. The molecule has 0 aliphatic carbocycles. The molecule has 2 aromatic rings. The van der Waals surface area contributed by atoms with Crippen LogP contribution in [0.3, 0.4) is 0 Å². The van der Waals surface area contributed by atoms with E-state index in [9.17, 15) is 21.0 Å². The van der Waals surface area contributed by atoms with Crippen LogP contribution in [0.25, 0.3) is 0 Å². The minimum Gasteiger partial charge on any atom is -0.329 e. The lowest BCUT2D eigenvalue weighted by Gasteiger charge is -2.26. The monoisotopic (exact) mass is 392 g/mol. The summed E-state index contributed by atoms with van der Waals surface area (Å²) in [7, 11) is 0. The first-order chi connectivity index (χ1) is 13.0. The highest BCUT2D eigenvalue weighted by atomic mass is 35.5. The Hall–Kier alpha value is -3.06. The Kier molecular flexibility index (Phi) is 4.80. The number of nitrogens with two attached hydrogens (primary N) is 1. The quantitative estimate of drug-likeness (QED) is 0.842. The second-order valence-electron chi connectivity index (χ2n) is 6.25. The molecule has 0 radical (unpaired) electrons. The van der Waals surface area contributed by atoms with Gasteiger partial charge in [0.1, 0.15) is 12.1 Å². The van der Waals surface area contributed by atoms with Crippen LogP contribution in [0.2, 0.25) is 10.0 Å². The summed E-state index contributed by atoms with van der Waals surface area (Å²) >= 11 is 12.6.